The van der Waals surface area contributed by atoms with Crippen LogP contribution in [-0.4, -0.2) is 28.7 Å². The second-order valence-electron chi connectivity index (χ2n) is 1.87. The van der Waals surface area contributed by atoms with Gasteiger partial charge in [-0.1, -0.05) is 17.7 Å². The number of carbonyl (C=O) groups is 2. The Labute approximate surface area is 78.4 Å². The Hall–Kier alpha value is -0.360. The van der Waals surface area contributed by atoms with Crippen LogP contribution in [0.4, 0.5) is 4.79 Å². The van der Waals surface area contributed by atoms with Crippen molar-refractivity contribution in [2.75, 3.05) is 7.11 Å². The molecule has 0 aliphatic carbocycles. The smallest absolute Gasteiger partial charge is 0.377 e. The molecule has 0 fully saturated rings. The maximum atomic E-state index is 10.6. The molecule has 0 bridgehead atoms. The molecule has 0 spiro atoms. The third-order valence-corrected chi connectivity index (χ3v) is 3.61. The van der Waals surface area contributed by atoms with Gasteiger partial charge in [-0.15, -0.1) is 0 Å². The summed E-state index contributed by atoms with van der Waals surface area (Å²) in [6.07, 6.45) is 0.490. The summed E-state index contributed by atoms with van der Waals surface area (Å²) in [4.78, 5) is 21.0. The molecule has 0 aromatic rings. The zero-order valence-electron chi connectivity index (χ0n) is 6.77. The number of carboxylic acid groups (broad SMARTS) is 1. The van der Waals surface area contributed by atoms with E-state index in [0.717, 1.165) is 21.6 Å². The zero-order chi connectivity index (χ0) is 9.56. The van der Waals surface area contributed by atoms with E-state index in [-0.39, 0.29) is 0 Å². The number of rotatable bonds is 4. The van der Waals surface area contributed by atoms with Gasteiger partial charge in [-0.2, -0.15) is 0 Å². The Balaban J connectivity index is 3.73. The van der Waals surface area contributed by atoms with Crippen molar-refractivity contribution in [3.05, 3.63) is 0 Å². The number of carbonyl (C=O) groups excluding carboxylic acids is 1. The molecular formula is C6H10O4S2. The van der Waals surface area contributed by atoms with Gasteiger partial charge >= 0.3 is 11.3 Å². The van der Waals surface area contributed by atoms with Crippen molar-refractivity contribution in [3.63, 3.8) is 0 Å². The van der Waals surface area contributed by atoms with Gasteiger partial charge < -0.3 is 9.84 Å². The Kier molecular flexibility index (Phi) is 6.00. The van der Waals surface area contributed by atoms with Crippen molar-refractivity contribution in [3.8, 4) is 0 Å². The summed E-state index contributed by atoms with van der Waals surface area (Å²) in [5.41, 5.74) is 0. The molecular weight excluding hydrogens is 200 g/mol. The first-order valence-electron chi connectivity index (χ1n) is 3.25. The lowest BCUT2D eigenvalue weighted by atomic mass is 10.3. The summed E-state index contributed by atoms with van der Waals surface area (Å²) >= 11 is 0. The van der Waals surface area contributed by atoms with E-state index in [0.29, 0.717) is 6.42 Å². The van der Waals surface area contributed by atoms with Crippen LogP contribution >= 0.6 is 21.6 Å². The molecule has 12 heavy (non-hydrogen) atoms. The summed E-state index contributed by atoms with van der Waals surface area (Å²) in [5, 5.41) is 7.55. The molecule has 0 radical (unpaired) electrons. The highest BCUT2D eigenvalue weighted by Gasteiger charge is 2.17. The van der Waals surface area contributed by atoms with Gasteiger partial charge in [0.1, 0.15) is 5.25 Å². The van der Waals surface area contributed by atoms with Crippen LogP contribution in [0.5, 0.6) is 0 Å². The van der Waals surface area contributed by atoms with Gasteiger partial charge in [-0.3, -0.25) is 4.79 Å². The monoisotopic (exact) mass is 210 g/mol. The number of methoxy groups -OCH3 is 1. The molecule has 0 saturated heterocycles. The predicted molar refractivity (Wildman–Crippen MR) is 49.3 cm³/mol. The van der Waals surface area contributed by atoms with Crippen LogP contribution in [-0.2, 0) is 9.53 Å². The Morgan fingerprint density at radius 3 is 2.50 bits per heavy atom. The topological polar surface area (TPSA) is 63.6 Å². The van der Waals surface area contributed by atoms with Crippen LogP contribution in [0.15, 0.2) is 0 Å². The molecule has 0 saturated carbocycles. The van der Waals surface area contributed by atoms with Crippen LogP contribution in [0.1, 0.15) is 13.3 Å². The second kappa shape index (κ2) is 6.19. The van der Waals surface area contributed by atoms with Crippen LogP contribution in [0.2, 0.25) is 0 Å². The lowest BCUT2D eigenvalue weighted by Crippen LogP contribution is -2.13. The highest BCUT2D eigenvalue weighted by atomic mass is 33.1. The highest BCUT2D eigenvalue weighted by molar-refractivity contribution is 8.82. The SMILES string of the molecule is CCC(SSC(=O)OC)C(=O)O. The van der Waals surface area contributed by atoms with E-state index in [1.165, 1.54) is 7.11 Å². The Morgan fingerprint density at radius 1 is 1.58 bits per heavy atom. The third kappa shape index (κ3) is 4.50. The van der Waals surface area contributed by atoms with Crippen molar-refractivity contribution < 1.29 is 19.4 Å². The lowest BCUT2D eigenvalue weighted by molar-refractivity contribution is -0.136. The molecule has 70 valence electrons. The summed E-state index contributed by atoms with van der Waals surface area (Å²) in [6, 6.07) is 0. The summed E-state index contributed by atoms with van der Waals surface area (Å²) < 4.78 is 4.34. The average molecular weight is 210 g/mol. The number of ether oxygens (including phenoxy) is 1. The van der Waals surface area contributed by atoms with Crippen molar-refractivity contribution in [2.24, 2.45) is 0 Å². The van der Waals surface area contributed by atoms with E-state index < -0.39 is 16.5 Å². The van der Waals surface area contributed by atoms with Crippen LogP contribution in [0, 0.1) is 0 Å². The molecule has 0 rings (SSSR count). The normalized spacial score (nSPS) is 12.2. The fraction of sp³-hybridized carbons (Fsp3) is 0.667. The van der Waals surface area contributed by atoms with Crippen molar-refractivity contribution in [1.82, 2.24) is 0 Å². The molecule has 0 heterocycles. The van der Waals surface area contributed by atoms with Gasteiger partial charge in [0.2, 0.25) is 0 Å². The first-order chi connectivity index (χ1) is 5.61. The molecule has 1 atom stereocenters. The van der Waals surface area contributed by atoms with Gasteiger partial charge in [-0.05, 0) is 6.42 Å². The standard InChI is InChI=1S/C6H10O4S2/c1-3-4(5(7)8)11-12-6(9)10-2/h4H,3H2,1-2H3,(H,7,8). The predicted octanol–water partition coefficient (Wildman–Crippen LogP) is 2.00. The quantitative estimate of drug-likeness (QED) is 0.565. The number of carboxylic acids is 1. The molecule has 0 aromatic heterocycles. The Bertz CT molecular complexity index is 171. The zero-order valence-corrected chi connectivity index (χ0v) is 8.41. The van der Waals surface area contributed by atoms with E-state index in [2.05, 4.69) is 4.74 Å². The largest absolute Gasteiger partial charge is 0.480 e. The van der Waals surface area contributed by atoms with Gasteiger partial charge in [0.05, 0.1) is 7.11 Å². The first-order valence-corrected chi connectivity index (χ1v) is 5.47. The van der Waals surface area contributed by atoms with Gasteiger partial charge in [0, 0.05) is 10.8 Å². The highest BCUT2D eigenvalue weighted by Crippen LogP contribution is 2.30. The molecule has 1 N–H and O–H groups in total. The molecule has 0 amide bonds. The van der Waals surface area contributed by atoms with E-state index >= 15 is 0 Å². The molecule has 0 aliphatic rings. The number of aliphatic carboxylic acids is 1. The van der Waals surface area contributed by atoms with E-state index in [1.807, 2.05) is 0 Å². The van der Waals surface area contributed by atoms with Crippen LogP contribution < -0.4 is 0 Å². The maximum Gasteiger partial charge on any atom is 0.377 e. The van der Waals surface area contributed by atoms with E-state index in [1.54, 1.807) is 6.92 Å². The average Bonchev–Trinajstić information content (AvgIpc) is 2.04. The minimum absolute atomic E-state index is 0.472. The fourth-order valence-corrected chi connectivity index (χ4v) is 2.34. The molecule has 0 aromatic carbocycles. The van der Waals surface area contributed by atoms with Crippen LogP contribution in [0.25, 0.3) is 0 Å². The van der Waals surface area contributed by atoms with E-state index in [9.17, 15) is 9.59 Å². The molecule has 1 unspecified atom stereocenters. The van der Waals surface area contributed by atoms with Crippen molar-refractivity contribution >= 4 is 32.9 Å². The number of hydrogen-bond acceptors (Lipinski definition) is 5. The van der Waals surface area contributed by atoms with Gasteiger partial charge in [0.15, 0.2) is 0 Å². The molecule has 4 nitrogen and oxygen atoms in total. The lowest BCUT2D eigenvalue weighted by Gasteiger charge is -2.05. The third-order valence-electron chi connectivity index (χ3n) is 1.05. The first kappa shape index (κ1) is 11.6. The molecule has 6 heteroatoms. The minimum Gasteiger partial charge on any atom is -0.480 e. The minimum atomic E-state index is -0.904. The summed E-state index contributed by atoms with van der Waals surface area (Å²) in [5.74, 6) is -0.904. The summed E-state index contributed by atoms with van der Waals surface area (Å²) in [7, 11) is 3.08. The fourth-order valence-electron chi connectivity index (χ4n) is 0.415. The summed E-state index contributed by atoms with van der Waals surface area (Å²) in [6.45, 7) is 1.75. The Morgan fingerprint density at radius 2 is 2.17 bits per heavy atom. The van der Waals surface area contributed by atoms with Crippen molar-refractivity contribution in [2.45, 2.75) is 18.6 Å². The van der Waals surface area contributed by atoms with Crippen LogP contribution in [0.3, 0.4) is 0 Å². The molecule has 0 aliphatic heterocycles. The van der Waals surface area contributed by atoms with Crippen molar-refractivity contribution in [1.29, 1.82) is 0 Å². The number of hydrogen-bond donors (Lipinski definition) is 1. The second-order valence-corrected chi connectivity index (χ2v) is 4.21. The van der Waals surface area contributed by atoms with E-state index in [4.69, 9.17) is 5.11 Å². The van der Waals surface area contributed by atoms with Gasteiger partial charge in [-0.25, -0.2) is 4.79 Å². The van der Waals surface area contributed by atoms with Gasteiger partial charge in [0.25, 0.3) is 0 Å². The maximum absolute atomic E-state index is 10.6.